The first-order chi connectivity index (χ1) is 12.7. The van der Waals surface area contributed by atoms with Gasteiger partial charge in [0.25, 0.3) is 0 Å². The van der Waals surface area contributed by atoms with Crippen molar-refractivity contribution in [2.24, 2.45) is 0 Å². The number of nitrogens with one attached hydrogen (secondary N) is 2. The highest BCUT2D eigenvalue weighted by molar-refractivity contribution is 8.02. The first-order valence-electron chi connectivity index (χ1n) is 7.78. The van der Waals surface area contributed by atoms with Gasteiger partial charge in [0.05, 0.1) is 16.5 Å². The van der Waals surface area contributed by atoms with E-state index in [9.17, 15) is 4.79 Å². The smallest absolute Gasteiger partial charge is 0.237 e. The van der Waals surface area contributed by atoms with E-state index in [2.05, 4.69) is 26.9 Å². The minimum atomic E-state index is -0.376. The van der Waals surface area contributed by atoms with Crippen LogP contribution in [0.5, 0.6) is 0 Å². The second kappa shape index (κ2) is 8.47. The molecule has 0 aliphatic rings. The van der Waals surface area contributed by atoms with Gasteiger partial charge in [-0.3, -0.25) is 4.79 Å². The lowest BCUT2D eigenvalue weighted by atomic mass is 10.2. The molecular formula is C18H15N5OS2. The molecule has 0 fully saturated rings. The zero-order valence-electron chi connectivity index (χ0n) is 13.8. The summed E-state index contributed by atoms with van der Waals surface area (Å²) < 4.78 is 0.694. The molecule has 0 unspecified atom stereocenters. The van der Waals surface area contributed by atoms with Crippen molar-refractivity contribution in [3.63, 3.8) is 0 Å². The number of para-hydroxylation sites is 2. The average molecular weight is 381 g/mol. The summed E-state index contributed by atoms with van der Waals surface area (Å²) in [5.41, 5.74) is 1.87. The number of hydrogen-bond acceptors (Lipinski definition) is 7. The van der Waals surface area contributed by atoms with Crippen molar-refractivity contribution in [1.82, 2.24) is 10.2 Å². The Hall–Kier alpha value is -2.89. The molecule has 0 aliphatic carbocycles. The van der Waals surface area contributed by atoms with Crippen LogP contribution >= 0.6 is 23.1 Å². The van der Waals surface area contributed by atoms with Crippen LogP contribution < -0.4 is 10.6 Å². The first kappa shape index (κ1) is 17.9. The number of amides is 1. The summed E-state index contributed by atoms with van der Waals surface area (Å²) in [5, 5.41) is 23.6. The number of carbonyl (C=O) groups excluding carboxylic acids is 1. The van der Waals surface area contributed by atoms with Crippen LogP contribution in [0.3, 0.4) is 0 Å². The maximum absolute atomic E-state index is 12.4. The summed E-state index contributed by atoms with van der Waals surface area (Å²) in [6.45, 7) is 1.79. The molecule has 1 atom stereocenters. The zero-order chi connectivity index (χ0) is 18.4. The molecule has 0 saturated carbocycles. The summed E-state index contributed by atoms with van der Waals surface area (Å²) in [6.07, 6.45) is 0. The molecule has 0 aliphatic heterocycles. The molecule has 8 heteroatoms. The number of hydrogen-bond donors (Lipinski definition) is 2. The van der Waals surface area contributed by atoms with Crippen molar-refractivity contribution in [3.05, 3.63) is 60.2 Å². The highest BCUT2D eigenvalue weighted by atomic mass is 32.2. The van der Waals surface area contributed by atoms with Crippen LogP contribution in [0.25, 0.3) is 0 Å². The third-order valence-corrected chi connectivity index (χ3v) is 5.41. The second-order valence-corrected chi connectivity index (χ2v) is 7.84. The van der Waals surface area contributed by atoms with Gasteiger partial charge in [0.15, 0.2) is 4.34 Å². The summed E-state index contributed by atoms with van der Waals surface area (Å²) in [7, 11) is 0. The highest BCUT2D eigenvalue weighted by Gasteiger charge is 2.18. The number of benzene rings is 2. The predicted octanol–water partition coefficient (Wildman–Crippen LogP) is 4.27. The summed E-state index contributed by atoms with van der Waals surface area (Å²) in [4.78, 5) is 12.4. The molecule has 2 aromatic carbocycles. The van der Waals surface area contributed by atoms with E-state index in [-0.39, 0.29) is 11.2 Å². The molecule has 1 aromatic heterocycles. The summed E-state index contributed by atoms with van der Waals surface area (Å²) in [5.74, 6) is -0.189. The topological polar surface area (TPSA) is 90.7 Å². The number of anilines is 3. The van der Waals surface area contributed by atoms with Gasteiger partial charge in [-0.1, -0.05) is 53.4 Å². The van der Waals surface area contributed by atoms with E-state index in [4.69, 9.17) is 5.26 Å². The largest absolute Gasteiger partial charge is 0.330 e. The molecule has 1 heterocycles. The van der Waals surface area contributed by atoms with Crippen LogP contribution in [0.1, 0.15) is 12.5 Å². The standard InChI is InChI=1S/C18H15N5OS2/c1-12(16(24)21-15-10-6-5-7-13(15)11-19)25-18-23-22-17(26-18)20-14-8-3-2-4-9-14/h2-10,12H,1H3,(H,20,22)(H,21,24)/t12-/m0/s1. The van der Waals surface area contributed by atoms with Crippen LogP contribution in [0.15, 0.2) is 58.9 Å². The van der Waals surface area contributed by atoms with Crippen LogP contribution in [-0.2, 0) is 4.79 Å². The van der Waals surface area contributed by atoms with E-state index < -0.39 is 0 Å². The van der Waals surface area contributed by atoms with E-state index >= 15 is 0 Å². The Labute approximate surface area is 159 Å². The van der Waals surface area contributed by atoms with Gasteiger partial charge in [0.2, 0.25) is 11.0 Å². The molecule has 130 valence electrons. The molecule has 3 aromatic rings. The van der Waals surface area contributed by atoms with Crippen LogP contribution in [0.4, 0.5) is 16.5 Å². The second-order valence-electron chi connectivity index (χ2n) is 5.27. The van der Waals surface area contributed by atoms with Crippen LogP contribution in [-0.4, -0.2) is 21.4 Å². The van der Waals surface area contributed by atoms with Crippen molar-refractivity contribution >= 4 is 45.5 Å². The van der Waals surface area contributed by atoms with Crippen molar-refractivity contribution in [3.8, 4) is 6.07 Å². The fourth-order valence-electron chi connectivity index (χ4n) is 2.08. The molecule has 0 radical (unpaired) electrons. The SMILES string of the molecule is C[C@H](Sc1nnc(Nc2ccccc2)s1)C(=O)Nc1ccccc1C#N. The van der Waals surface area contributed by atoms with Crippen LogP contribution in [0.2, 0.25) is 0 Å². The Morgan fingerprint density at radius 3 is 2.65 bits per heavy atom. The summed E-state index contributed by atoms with van der Waals surface area (Å²) in [6, 6.07) is 18.7. The monoisotopic (exact) mass is 381 g/mol. The van der Waals surface area contributed by atoms with Crippen molar-refractivity contribution < 1.29 is 4.79 Å². The lowest BCUT2D eigenvalue weighted by Gasteiger charge is -2.11. The Balaban J connectivity index is 1.60. The van der Waals surface area contributed by atoms with E-state index in [1.807, 2.05) is 30.3 Å². The Morgan fingerprint density at radius 1 is 1.15 bits per heavy atom. The molecule has 0 saturated heterocycles. The van der Waals surface area contributed by atoms with Gasteiger partial charge in [-0.25, -0.2) is 0 Å². The zero-order valence-corrected chi connectivity index (χ0v) is 15.5. The normalized spacial score (nSPS) is 11.4. The van der Waals surface area contributed by atoms with Crippen LogP contribution in [0, 0.1) is 11.3 Å². The molecule has 26 heavy (non-hydrogen) atoms. The highest BCUT2D eigenvalue weighted by Crippen LogP contribution is 2.31. The van der Waals surface area contributed by atoms with Gasteiger partial charge >= 0.3 is 0 Å². The maximum Gasteiger partial charge on any atom is 0.237 e. The van der Waals surface area contributed by atoms with Gasteiger partial charge in [0.1, 0.15) is 6.07 Å². The number of nitrogens with zero attached hydrogens (tertiary/aromatic N) is 3. The van der Waals surface area contributed by atoms with Gasteiger partial charge in [-0.2, -0.15) is 5.26 Å². The van der Waals surface area contributed by atoms with Gasteiger partial charge in [0, 0.05) is 5.69 Å². The third-order valence-electron chi connectivity index (χ3n) is 3.38. The fourth-order valence-corrected chi connectivity index (χ4v) is 4.00. The Kier molecular flexibility index (Phi) is 5.84. The number of nitriles is 1. The predicted molar refractivity (Wildman–Crippen MR) is 105 cm³/mol. The van der Waals surface area contributed by atoms with E-state index in [0.29, 0.717) is 20.7 Å². The van der Waals surface area contributed by atoms with Gasteiger partial charge in [-0.15, -0.1) is 10.2 Å². The number of carbonyl (C=O) groups is 1. The molecule has 6 nitrogen and oxygen atoms in total. The van der Waals surface area contributed by atoms with Gasteiger partial charge < -0.3 is 10.6 Å². The minimum Gasteiger partial charge on any atom is -0.330 e. The van der Waals surface area contributed by atoms with E-state index in [1.165, 1.54) is 23.1 Å². The molecule has 0 spiro atoms. The first-order valence-corrected chi connectivity index (χ1v) is 9.47. The van der Waals surface area contributed by atoms with E-state index in [0.717, 1.165) is 5.69 Å². The van der Waals surface area contributed by atoms with E-state index in [1.54, 1.807) is 31.2 Å². The molecule has 2 N–H and O–H groups in total. The maximum atomic E-state index is 12.4. The van der Waals surface area contributed by atoms with Crippen molar-refractivity contribution in [1.29, 1.82) is 5.26 Å². The number of thioether (sulfide) groups is 1. The van der Waals surface area contributed by atoms with Gasteiger partial charge in [-0.05, 0) is 31.2 Å². The lowest BCUT2D eigenvalue weighted by Crippen LogP contribution is -2.22. The third kappa shape index (κ3) is 4.59. The molecule has 0 bridgehead atoms. The minimum absolute atomic E-state index is 0.189. The molecule has 1 amide bonds. The lowest BCUT2D eigenvalue weighted by molar-refractivity contribution is -0.115. The number of rotatable bonds is 6. The Bertz CT molecular complexity index is 936. The van der Waals surface area contributed by atoms with Crippen molar-refractivity contribution in [2.75, 3.05) is 10.6 Å². The molecule has 3 rings (SSSR count). The van der Waals surface area contributed by atoms with Crippen molar-refractivity contribution in [2.45, 2.75) is 16.5 Å². The number of aromatic nitrogens is 2. The average Bonchev–Trinajstić information content (AvgIpc) is 3.09. The summed E-state index contributed by atoms with van der Waals surface area (Å²) >= 11 is 2.71. The molecular weight excluding hydrogens is 366 g/mol. The Morgan fingerprint density at radius 2 is 1.88 bits per heavy atom. The fraction of sp³-hybridized carbons (Fsp3) is 0.111. The quantitative estimate of drug-likeness (QED) is 0.620.